The minimum absolute atomic E-state index is 0.0833. The zero-order chi connectivity index (χ0) is 25.1. The molecule has 8 nitrogen and oxygen atoms in total. The molecule has 1 fully saturated rings. The van der Waals surface area contributed by atoms with Crippen molar-refractivity contribution in [3.63, 3.8) is 0 Å². The van der Waals surface area contributed by atoms with E-state index >= 15 is 0 Å². The minimum atomic E-state index is -0.885. The van der Waals surface area contributed by atoms with Gasteiger partial charge in [0.25, 0.3) is 11.7 Å². The second-order valence-electron chi connectivity index (χ2n) is 7.75. The Morgan fingerprint density at radius 3 is 2.37 bits per heavy atom. The van der Waals surface area contributed by atoms with Crippen LogP contribution in [0.1, 0.15) is 22.7 Å². The van der Waals surface area contributed by atoms with Gasteiger partial charge >= 0.3 is 0 Å². The Morgan fingerprint density at radius 1 is 1.00 bits per heavy atom. The van der Waals surface area contributed by atoms with E-state index in [-0.39, 0.29) is 34.2 Å². The largest absolute Gasteiger partial charge is 0.507 e. The van der Waals surface area contributed by atoms with Gasteiger partial charge in [-0.3, -0.25) is 14.6 Å². The Hall–Kier alpha value is -4.04. The van der Waals surface area contributed by atoms with Gasteiger partial charge in [-0.25, -0.2) is 0 Å². The average molecular weight is 495 g/mol. The number of carbonyl (C=O) groups is 2. The fourth-order valence-corrected chi connectivity index (χ4v) is 4.31. The summed E-state index contributed by atoms with van der Waals surface area (Å²) in [5, 5.41) is 11.7. The van der Waals surface area contributed by atoms with Crippen molar-refractivity contribution in [2.45, 2.75) is 12.6 Å². The predicted octanol–water partition coefficient (Wildman–Crippen LogP) is 4.38. The summed E-state index contributed by atoms with van der Waals surface area (Å²) >= 11 is 6.22. The molecule has 4 rings (SSSR count). The van der Waals surface area contributed by atoms with E-state index in [0.29, 0.717) is 11.3 Å². The fraction of sp³-hybridized carbons (Fsp3) is 0.192. The average Bonchev–Trinajstić information content (AvgIpc) is 3.13. The molecule has 1 saturated heterocycles. The van der Waals surface area contributed by atoms with Crippen molar-refractivity contribution in [2.24, 2.45) is 0 Å². The topological polar surface area (TPSA) is 98.2 Å². The first kappa shape index (κ1) is 24.1. The van der Waals surface area contributed by atoms with E-state index in [1.807, 2.05) is 0 Å². The number of likely N-dealkylation sites (tertiary alicyclic amines) is 1. The molecule has 1 atom stereocenters. The molecule has 0 saturated carbocycles. The number of carbonyl (C=O) groups excluding carboxylic acids is 2. The molecular formula is C26H23ClN2O6. The van der Waals surface area contributed by atoms with Crippen LogP contribution >= 0.6 is 11.6 Å². The number of methoxy groups -OCH3 is 3. The maximum atomic E-state index is 13.3. The first-order valence-corrected chi connectivity index (χ1v) is 11.0. The molecule has 1 amide bonds. The lowest BCUT2D eigenvalue weighted by molar-refractivity contribution is -0.140. The highest BCUT2D eigenvalue weighted by Crippen LogP contribution is 2.44. The minimum Gasteiger partial charge on any atom is -0.507 e. The van der Waals surface area contributed by atoms with Crippen LogP contribution in [0.25, 0.3) is 5.76 Å². The Balaban J connectivity index is 1.94. The molecule has 2 aromatic carbocycles. The van der Waals surface area contributed by atoms with Gasteiger partial charge in [0.05, 0.1) is 43.5 Å². The number of Topliss-reactive ketones (excluding diaryl/α,β-unsaturated/α-hetero) is 1. The van der Waals surface area contributed by atoms with E-state index in [4.69, 9.17) is 25.8 Å². The number of pyridine rings is 1. The highest BCUT2D eigenvalue weighted by molar-refractivity contribution is 6.46. The van der Waals surface area contributed by atoms with E-state index < -0.39 is 23.5 Å². The van der Waals surface area contributed by atoms with Crippen LogP contribution in [0.4, 0.5) is 0 Å². The standard InChI is InChI=1S/C26H23ClN2O6/c1-33-17-6-4-5-16(11-17)23-22(24(30)18-12-21(35-3)19(27)13-20(18)34-2)25(31)26(32)29(23)14-15-7-9-28-10-8-15/h4-13,23,30H,14H2,1-3H3/b24-22+. The number of aliphatic hydroxyl groups is 1. The lowest BCUT2D eigenvalue weighted by atomic mass is 9.94. The Bertz CT molecular complexity index is 1310. The number of benzene rings is 2. The molecule has 35 heavy (non-hydrogen) atoms. The summed E-state index contributed by atoms with van der Waals surface area (Å²) in [6, 6.07) is 12.6. The van der Waals surface area contributed by atoms with Crippen LogP contribution in [0.15, 0.2) is 66.5 Å². The number of ether oxygens (including phenoxy) is 3. The van der Waals surface area contributed by atoms with E-state index in [0.717, 1.165) is 5.56 Å². The van der Waals surface area contributed by atoms with Crippen molar-refractivity contribution in [1.82, 2.24) is 9.88 Å². The van der Waals surface area contributed by atoms with Crippen LogP contribution in [-0.4, -0.2) is 48.0 Å². The Morgan fingerprint density at radius 2 is 1.71 bits per heavy atom. The first-order chi connectivity index (χ1) is 16.9. The summed E-state index contributed by atoms with van der Waals surface area (Å²) in [5.74, 6) is -0.921. The lowest BCUT2D eigenvalue weighted by Crippen LogP contribution is -2.29. The van der Waals surface area contributed by atoms with E-state index in [2.05, 4.69) is 4.98 Å². The first-order valence-electron chi connectivity index (χ1n) is 10.6. The third-order valence-electron chi connectivity index (χ3n) is 5.78. The molecule has 3 aromatic rings. The van der Waals surface area contributed by atoms with Crippen LogP contribution in [0.2, 0.25) is 5.02 Å². The van der Waals surface area contributed by atoms with Gasteiger partial charge < -0.3 is 24.2 Å². The van der Waals surface area contributed by atoms with E-state index in [1.54, 1.807) is 48.8 Å². The van der Waals surface area contributed by atoms with Gasteiger partial charge in [0, 0.05) is 25.0 Å². The number of hydrogen-bond acceptors (Lipinski definition) is 7. The number of halogens is 1. The molecule has 1 aromatic heterocycles. The van der Waals surface area contributed by atoms with Crippen LogP contribution in [0.5, 0.6) is 17.2 Å². The second kappa shape index (κ2) is 10.1. The van der Waals surface area contributed by atoms with E-state index in [1.165, 1.54) is 38.4 Å². The van der Waals surface area contributed by atoms with Gasteiger partial charge in [-0.1, -0.05) is 23.7 Å². The van der Waals surface area contributed by atoms with Crippen molar-refractivity contribution in [3.8, 4) is 17.2 Å². The molecule has 0 bridgehead atoms. The molecule has 1 unspecified atom stereocenters. The molecule has 1 aliphatic rings. The quantitative estimate of drug-likeness (QED) is 0.295. The summed E-state index contributed by atoms with van der Waals surface area (Å²) in [6.07, 6.45) is 3.22. The zero-order valence-corrected chi connectivity index (χ0v) is 20.1. The molecule has 1 aliphatic heterocycles. The summed E-state index contributed by atoms with van der Waals surface area (Å²) in [5.41, 5.74) is 1.46. The van der Waals surface area contributed by atoms with Crippen molar-refractivity contribution in [3.05, 3.63) is 88.2 Å². The monoisotopic (exact) mass is 494 g/mol. The SMILES string of the molecule is COc1cccc(C2/C(=C(\O)c3cc(OC)c(Cl)cc3OC)C(=O)C(=O)N2Cc2ccncc2)c1. The highest BCUT2D eigenvalue weighted by atomic mass is 35.5. The fourth-order valence-electron chi connectivity index (χ4n) is 4.08. The van der Waals surface area contributed by atoms with Crippen LogP contribution in [0.3, 0.4) is 0 Å². The third kappa shape index (κ3) is 4.52. The van der Waals surface area contributed by atoms with Crippen molar-refractivity contribution < 1.29 is 28.9 Å². The zero-order valence-electron chi connectivity index (χ0n) is 19.3. The Labute approximate surface area is 207 Å². The number of hydrogen-bond donors (Lipinski definition) is 1. The summed E-state index contributed by atoms with van der Waals surface area (Å²) in [6.45, 7) is 0.132. The van der Waals surface area contributed by atoms with Gasteiger partial charge in [-0.15, -0.1) is 0 Å². The van der Waals surface area contributed by atoms with Gasteiger partial charge in [0.15, 0.2) is 0 Å². The third-order valence-corrected chi connectivity index (χ3v) is 6.08. The van der Waals surface area contributed by atoms with Gasteiger partial charge in [0.1, 0.15) is 23.0 Å². The number of amides is 1. The highest BCUT2D eigenvalue weighted by Gasteiger charge is 2.46. The molecule has 0 spiro atoms. The van der Waals surface area contributed by atoms with Gasteiger partial charge in [-0.05, 0) is 41.5 Å². The van der Waals surface area contributed by atoms with Crippen molar-refractivity contribution >= 4 is 29.1 Å². The van der Waals surface area contributed by atoms with Gasteiger partial charge in [0.2, 0.25) is 0 Å². The van der Waals surface area contributed by atoms with Crippen LogP contribution < -0.4 is 14.2 Å². The molecule has 0 aliphatic carbocycles. The van der Waals surface area contributed by atoms with Gasteiger partial charge in [-0.2, -0.15) is 0 Å². The van der Waals surface area contributed by atoms with Crippen molar-refractivity contribution in [1.29, 1.82) is 0 Å². The normalized spacial score (nSPS) is 16.9. The smallest absolute Gasteiger partial charge is 0.295 e. The summed E-state index contributed by atoms with van der Waals surface area (Å²) in [4.78, 5) is 32.0. The molecule has 2 heterocycles. The summed E-state index contributed by atoms with van der Waals surface area (Å²) < 4.78 is 16.0. The number of aromatic nitrogens is 1. The van der Waals surface area contributed by atoms with Crippen molar-refractivity contribution in [2.75, 3.05) is 21.3 Å². The molecule has 180 valence electrons. The number of ketones is 1. The number of aliphatic hydroxyl groups excluding tert-OH is 1. The maximum absolute atomic E-state index is 13.3. The molecule has 0 radical (unpaired) electrons. The van der Waals surface area contributed by atoms with Crippen LogP contribution in [-0.2, 0) is 16.1 Å². The molecule has 9 heteroatoms. The second-order valence-corrected chi connectivity index (χ2v) is 8.15. The lowest BCUT2D eigenvalue weighted by Gasteiger charge is -2.26. The number of nitrogens with zero attached hydrogens (tertiary/aromatic N) is 2. The molecular weight excluding hydrogens is 472 g/mol. The number of rotatable bonds is 7. The van der Waals surface area contributed by atoms with Crippen LogP contribution in [0, 0.1) is 0 Å². The maximum Gasteiger partial charge on any atom is 0.295 e. The summed E-state index contributed by atoms with van der Waals surface area (Å²) in [7, 11) is 4.37. The van der Waals surface area contributed by atoms with E-state index in [9.17, 15) is 14.7 Å². The predicted molar refractivity (Wildman–Crippen MR) is 130 cm³/mol. The molecule has 1 N–H and O–H groups in total. The Kier molecular flexibility index (Phi) is 6.93.